The molecule has 6 atom stereocenters. The van der Waals surface area contributed by atoms with Gasteiger partial charge in [-0.25, -0.2) is 0 Å². The van der Waals surface area contributed by atoms with Crippen LogP contribution in [0.15, 0.2) is 11.6 Å². The molecular formula is C20H28ClNO5. The van der Waals surface area contributed by atoms with E-state index in [0.717, 1.165) is 12.8 Å². The second-order valence-corrected chi connectivity index (χ2v) is 8.17. The Bertz CT molecular complexity index is 661. The number of epoxide rings is 2. The van der Waals surface area contributed by atoms with E-state index in [1.165, 1.54) is 5.57 Å². The Morgan fingerprint density at radius 3 is 2.78 bits per heavy atom. The number of carbonyl (C=O) groups excluding carboxylic acids is 1. The second kappa shape index (κ2) is 8.00. The van der Waals surface area contributed by atoms with Crippen molar-refractivity contribution in [1.29, 1.82) is 0 Å². The maximum Gasteiger partial charge on any atom is 0.326 e. The molecule has 2 saturated heterocycles. The normalized spacial score (nSPS) is 39.1. The van der Waals surface area contributed by atoms with E-state index in [1.54, 1.807) is 7.11 Å². The van der Waals surface area contributed by atoms with Gasteiger partial charge >= 0.3 is 5.97 Å². The van der Waals surface area contributed by atoms with Crippen molar-refractivity contribution in [3.63, 3.8) is 0 Å². The summed E-state index contributed by atoms with van der Waals surface area (Å²) in [6, 6.07) is 2.42. The molecule has 1 aliphatic carbocycles. The summed E-state index contributed by atoms with van der Waals surface area (Å²) in [7, 11) is 1.66. The minimum atomic E-state index is -0.379. The number of esters is 1. The smallest absolute Gasteiger partial charge is 0.326 e. The molecule has 27 heavy (non-hydrogen) atoms. The first-order valence-corrected chi connectivity index (χ1v) is 9.75. The molecule has 0 aromatic rings. The van der Waals surface area contributed by atoms with Crippen LogP contribution in [0.2, 0.25) is 0 Å². The average molecular weight is 398 g/mol. The van der Waals surface area contributed by atoms with Crippen molar-refractivity contribution < 1.29 is 23.7 Å². The lowest BCUT2D eigenvalue weighted by Gasteiger charge is -2.42. The largest absolute Gasteiger partial charge is 0.458 e. The molecule has 2 heterocycles. The standard InChI is InChI=1S/C20H28ClNO5/c1-13(2)5-6-15-19(3,27-15)18-17(24-4)14(7-8-20(18)12-25-20)26-16(23)11-22-10-9-21/h5,14-15,17-18,22H,6-8,11-12H2,1-4H3/t14-,15-,17-,18-,19-,20+/m1/s1. The van der Waals surface area contributed by atoms with Crippen LogP contribution in [0.3, 0.4) is 0 Å². The van der Waals surface area contributed by atoms with Gasteiger partial charge in [0.2, 0.25) is 0 Å². The van der Waals surface area contributed by atoms with E-state index in [4.69, 9.17) is 30.5 Å². The summed E-state index contributed by atoms with van der Waals surface area (Å²) >= 11 is 5.27. The maximum atomic E-state index is 12.1. The number of methoxy groups -OCH3 is 1. The lowest BCUT2D eigenvalue weighted by molar-refractivity contribution is -0.170. The predicted molar refractivity (Wildman–Crippen MR) is 101 cm³/mol. The number of hydrogen-bond donors (Lipinski definition) is 1. The number of rotatable bonds is 7. The fourth-order valence-electron chi connectivity index (χ4n) is 4.43. The molecular weight excluding hydrogens is 370 g/mol. The van der Waals surface area contributed by atoms with Crippen molar-refractivity contribution in [2.24, 2.45) is 5.92 Å². The third-order valence-electron chi connectivity index (χ3n) is 5.89. The van der Waals surface area contributed by atoms with E-state index in [2.05, 4.69) is 43.6 Å². The van der Waals surface area contributed by atoms with Gasteiger partial charge < -0.3 is 24.3 Å². The highest BCUT2D eigenvalue weighted by Crippen LogP contribution is 2.59. The minimum Gasteiger partial charge on any atom is -0.458 e. The van der Waals surface area contributed by atoms with Crippen LogP contribution in [-0.4, -0.2) is 55.7 Å². The van der Waals surface area contributed by atoms with Gasteiger partial charge in [0, 0.05) is 18.5 Å². The summed E-state index contributed by atoms with van der Waals surface area (Å²) in [5, 5.41) is 4.78. The zero-order valence-corrected chi connectivity index (χ0v) is 17.1. The van der Waals surface area contributed by atoms with Crippen molar-refractivity contribution in [3.05, 3.63) is 11.6 Å². The molecule has 3 rings (SSSR count). The van der Waals surface area contributed by atoms with Gasteiger partial charge in [0.05, 0.1) is 18.6 Å². The Kier molecular flexibility index (Phi) is 6.07. The summed E-state index contributed by atoms with van der Waals surface area (Å²) in [5.74, 6) is -0.358. The SMILES string of the molecule is CO[C@@H]1[C@H](OC(=O)CNC#CCl)CC[C@]2(CO2)[C@H]1[C@]1(C)O[C@@H]1CC=C(C)C. The topological polar surface area (TPSA) is 72.6 Å². The quantitative estimate of drug-likeness (QED) is 0.234. The van der Waals surface area contributed by atoms with Gasteiger partial charge in [-0.2, -0.15) is 0 Å². The van der Waals surface area contributed by atoms with Crippen LogP contribution in [0.4, 0.5) is 0 Å². The summed E-state index contributed by atoms with van der Waals surface area (Å²) < 4.78 is 23.6. The molecule has 6 nitrogen and oxygen atoms in total. The van der Waals surface area contributed by atoms with Gasteiger partial charge in [-0.15, -0.1) is 0 Å². The summed E-state index contributed by atoms with van der Waals surface area (Å²) in [4.78, 5) is 12.1. The van der Waals surface area contributed by atoms with E-state index in [9.17, 15) is 4.79 Å². The highest BCUT2D eigenvalue weighted by Gasteiger charge is 2.72. The van der Waals surface area contributed by atoms with Gasteiger partial charge in [-0.1, -0.05) is 11.6 Å². The first-order valence-electron chi connectivity index (χ1n) is 9.37. The molecule has 0 amide bonds. The Hall–Kier alpha value is -1.26. The second-order valence-electron chi connectivity index (χ2n) is 7.98. The van der Waals surface area contributed by atoms with Crippen LogP contribution >= 0.6 is 11.6 Å². The molecule has 3 fully saturated rings. The third-order valence-corrected chi connectivity index (χ3v) is 5.98. The molecule has 1 saturated carbocycles. The predicted octanol–water partition coefficient (Wildman–Crippen LogP) is 2.35. The molecule has 7 heteroatoms. The van der Waals surface area contributed by atoms with Gasteiger partial charge in [0.15, 0.2) is 0 Å². The monoisotopic (exact) mass is 397 g/mol. The zero-order valence-electron chi connectivity index (χ0n) is 16.3. The lowest BCUT2D eigenvalue weighted by atomic mass is 9.68. The Labute approximate surface area is 165 Å². The Morgan fingerprint density at radius 1 is 1.44 bits per heavy atom. The fraction of sp³-hybridized carbons (Fsp3) is 0.750. The lowest BCUT2D eigenvalue weighted by Crippen LogP contribution is -2.55. The molecule has 150 valence electrons. The van der Waals surface area contributed by atoms with E-state index in [0.29, 0.717) is 13.0 Å². The Morgan fingerprint density at radius 2 is 2.19 bits per heavy atom. The van der Waals surface area contributed by atoms with Crippen LogP contribution in [0, 0.1) is 17.3 Å². The van der Waals surface area contributed by atoms with Crippen LogP contribution in [-0.2, 0) is 23.7 Å². The average Bonchev–Trinajstić information content (AvgIpc) is 3.53. The first-order chi connectivity index (χ1) is 12.9. The number of ether oxygens (including phenoxy) is 4. The molecule has 0 bridgehead atoms. The summed E-state index contributed by atoms with van der Waals surface area (Å²) in [5.41, 5.74) is 0.716. The number of nitrogens with one attached hydrogen (secondary N) is 1. The van der Waals surface area contributed by atoms with E-state index in [1.807, 2.05) is 0 Å². The van der Waals surface area contributed by atoms with Crippen LogP contribution in [0.1, 0.15) is 40.0 Å². The highest BCUT2D eigenvalue weighted by atomic mass is 35.5. The van der Waals surface area contributed by atoms with Crippen molar-refractivity contribution in [3.8, 4) is 11.4 Å². The number of carbonyl (C=O) groups is 1. The van der Waals surface area contributed by atoms with Crippen molar-refractivity contribution >= 4 is 17.6 Å². The molecule has 0 radical (unpaired) electrons. The molecule has 3 aliphatic rings. The van der Waals surface area contributed by atoms with Crippen LogP contribution < -0.4 is 5.32 Å². The molecule has 1 N–H and O–H groups in total. The number of halogens is 1. The van der Waals surface area contributed by atoms with Crippen LogP contribution in [0.25, 0.3) is 0 Å². The number of allylic oxidation sites excluding steroid dienone is 1. The summed E-state index contributed by atoms with van der Waals surface area (Å²) in [6.45, 7) is 6.98. The molecule has 0 aromatic carbocycles. The first kappa shape index (κ1) is 20.5. The summed E-state index contributed by atoms with van der Waals surface area (Å²) in [6.07, 6.45) is 4.13. The molecule has 0 unspecified atom stereocenters. The van der Waals surface area contributed by atoms with Gasteiger partial charge in [0.25, 0.3) is 0 Å². The van der Waals surface area contributed by atoms with Crippen molar-refractivity contribution in [1.82, 2.24) is 5.32 Å². The molecule has 2 aliphatic heterocycles. The van der Waals surface area contributed by atoms with Gasteiger partial charge in [-0.05, 0) is 51.6 Å². The molecule has 1 spiro atoms. The Balaban J connectivity index is 1.70. The van der Waals surface area contributed by atoms with Crippen LogP contribution in [0.5, 0.6) is 0 Å². The fourth-order valence-corrected chi connectivity index (χ4v) is 4.50. The van der Waals surface area contributed by atoms with Crippen molar-refractivity contribution in [2.45, 2.75) is 69.5 Å². The van der Waals surface area contributed by atoms with E-state index < -0.39 is 0 Å². The van der Waals surface area contributed by atoms with Gasteiger partial charge in [0.1, 0.15) is 30.0 Å². The van der Waals surface area contributed by atoms with Crippen molar-refractivity contribution in [2.75, 3.05) is 20.3 Å². The number of hydrogen-bond acceptors (Lipinski definition) is 6. The third kappa shape index (κ3) is 4.27. The van der Waals surface area contributed by atoms with Gasteiger partial charge in [-0.3, -0.25) is 4.79 Å². The zero-order chi connectivity index (χ0) is 19.7. The minimum absolute atomic E-state index is 0.0179. The van der Waals surface area contributed by atoms with E-state index >= 15 is 0 Å². The van der Waals surface area contributed by atoms with E-state index in [-0.39, 0.29) is 47.9 Å². The highest BCUT2D eigenvalue weighted by molar-refractivity contribution is 6.30. The molecule has 0 aromatic heterocycles. The maximum absolute atomic E-state index is 12.1.